The lowest BCUT2D eigenvalue weighted by Crippen LogP contribution is -2.63. The Kier molecular flexibility index (Phi) is 13.4. The van der Waals surface area contributed by atoms with E-state index in [9.17, 15) is 47.4 Å². The number of nitrogens with one attached hydrogen (secondary N) is 3. The number of carbonyl (C=O) groups is 7. The molecule has 0 saturated carbocycles. The van der Waals surface area contributed by atoms with Crippen molar-refractivity contribution in [2.45, 2.75) is 108 Å². The van der Waals surface area contributed by atoms with Gasteiger partial charge in [0.1, 0.15) is 54.0 Å². The summed E-state index contributed by atoms with van der Waals surface area (Å²) in [5, 5.41) is 19.5. The molecule has 3 aliphatic heterocycles. The molecule has 16 nitrogen and oxygen atoms in total. The maximum absolute atomic E-state index is 14.7. The number of amides is 6. The quantitative estimate of drug-likeness (QED) is 0.240. The molecular weight excluding hydrogens is 797 g/mol. The van der Waals surface area contributed by atoms with Gasteiger partial charge >= 0.3 is 5.97 Å². The maximum Gasteiger partial charge on any atom is 0.329 e. The molecular formula is C43H53F2N7O9. The summed E-state index contributed by atoms with van der Waals surface area (Å²) >= 11 is 0. The van der Waals surface area contributed by atoms with Crippen molar-refractivity contribution in [3.8, 4) is 0 Å². The van der Waals surface area contributed by atoms with E-state index in [0.29, 0.717) is 18.1 Å². The first-order valence-electron chi connectivity index (χ1n) is 20.5. The Morgan fingerprint density at radius 1 is 0.918 bits per heavy atom. The van der Waals surface area contributed by atoms with Crippen LogP contribution in [-0.2, 0) is 58.2 Å². The molecule has 0 radical (unpaired) electrons. The average Bonchev–Trinajstić information content (AvgIpc) is 3.93. The van der Waals surface area contributed by atoms with Gasteiger partial charge in [0.15, 0.2) is 0 Å². The summed E-state index contributed by atoms with van der Waals surface area (Å²) in [7, 11) is 3.16. The molecule has 328 valence electrons. The van der Waals surface area contributed by atoms with Crippen molar-refractivity contribution in [2.24, 2.45) is 13.0 Å². The van der Waals surface area contributed by atoms with Gasteiger partial charge < -0.3 is 45.1 Å². The van der Waals surface area contributed by atoms with Crippen molar-refractivity contribution < 1.29 is 52.2 Å². The normalized spacial score (nSPS) is 26.4. The number of fused-ring (bicyclic) bond motifs is 3. The number of aliphatic hydroxyl groups is 1. The van der Waals surface area contributed by atoms with Gasteiger partial charge in [0.2, 0.25) is 35.4 Å². The number of nitrogens with zero attached hydrogens (tertiary/aromatic N) is 4. The zero-order valence-corrected chi connectivity index (χ0v) is 35.0. The van der Waals surface area contributed by atoms with Crippen molar-refractivity contribution in [1.29, 1.82) is 0 Å². The minimum absolute atomic E-state index is 0.0197. The lowest BCUT2D eigenvalue weighted by Gasteiger charge is -2.37. The highest BCUT2D eigenvalue weighted by atomic mass is 19.1. The Hall–Kier alpha value is -5.91. The molecule has 2 aromatic carbocycles. The number of carbonyl (C=O) groups excluding carboxylic acids is 7. The van der Waals surface area contributed by atoms with Gasteiger partial charge in [-0.1, -0.05) is 19.1 Å². The van der Waals surface area contributed by atoms with E-state index in [1.807, 2.05) is 42.9 Å². The van der Waals surface area contributed by atoms with Crippen LogP contribution < -0.4 is 16.0 Å². The summed E-state index contributed by atoms with van der Waals surface area (Å²) < 4.78 is 36.6. The Labute approximate surface area is 351 Å². The largest absolute Gasteiger partial charge is 0.458 e. The van der Waals surface area contributed by atoms with Gasteiger partial charge in [-0.25, -0.2) is 13.6 Å². The first-order chi connectivity index (χ1) is 28.8. The van der Waals surface area contributed by atoms with Crippen LogP contribution in [0.15, 0.2) is 48.7 Å². The number of ether oxygens (including phenoxy) is 1. The summed E-state index contributed by atoms with van der Waals surface area (Å²) in [4.78, 5) is 102. The molecule has 0 bridgehead atoms. The number of aliphatic hydroxyl groups excluding tert-OH is 1. The van der Waals surface area contributed by atoms with Gasteiger partial charge in [-0.15, -0.1) is 0 Å². The number of aryl methyl sites for hydroxylation is 1. The van der Waals surface area contributed by atoms with E-state index in [4.69, 9.17) is 4.74 Å². The van der Waals surface area contributed by atoms with Gasteiger partial charge in [0, 0.05) is 51.4 Å². The summed E-state index contributed by atoms with van der Waals surface area (Å²) in [5.41, 5.74) is 1.50. The molecule has 4 heterocycles. The number of halogens is 2. The van der Waals surface area contributed by atoms with Crippen molar-refractivity contribution in [3.63, 3.8) is 0 Å². The number of likely N-dealkylation sites (N-methyl/N-ethyl adjacent to an activating group) is 1. The monoisotopic (exact) mass is 849 g/mol. The lowest BCUT2D eigenvalue weighted by atomic mass is 10.0. The van der Waals surface area contributed by atoms with Gasteiger partial charge in [0.25, 0.3) is 0 Å². The standard InChI is InChI=1S/C43H53F2N7O9/c1-22-14-34-43(60)61-25(4)36(42(59)51-12-7-8-32(51)41(58)50(6)37(24(3)53)39(56)46-23(2)40(57)52(34)21-22)48-38(55)31(17-27-15-29(44)20-30(45)16-27)47-35(54)19-26-9-10-28-11-13-49(5)33(28)18-26/h9-11,13,15-16,18,20,22-25,31-32,34,36-37,53H,7-8,12,14,17,19,21H2,1-6H3,(H,46,56)(H,47,54)(H,48,55)/t22-,23-,24-,25-,31-,32-,34-,36-,37-/m0/s1. The Morgan fingerprint density at radius 3 is 2.31 bits per heavy atom. The van der Waals surface area contributed by atoms with Crippen LogP contribution in [0.2, 0.25) is 0 Å². The number of rotatable bonds is 8. The van der Waals surface area contributed by atoms with Crippen LogP contribution in [0.4, 0.5) is 8.78 Å². The maximum atomic E-state index is 14.7. The molecule has 4 N–H and O–H groups in total. The number of cyclic esters (lactones) is 1. The van der Waals surface area contributed by atoms with E-state index < -0.39 is 108 Å². The van der Waals surface area contributed by atoms with E-state index >= 15 is 0 Å². The predicted octanol–water partition coefficient (Wildman–Crippen LogP) is 1.10. The smallest absolute Gasteiger partial charge is 0.329 e. The van der Waals surface area contributed by atoms with Gasteiger partial charge in [-0.05, 0) is 86.7 Å². The minimum atomic E-state index is -1.68. The molecule has 9 atom stereocenters. The molecule has 61 heavy (non-hydrogen) atoms. The Bertz CT molecular complexity index is 2190. The molecule has 6 amide bonds. The molecule has 0 aliphatic carbocycles. The molecule has 3 aliphatic rings. The zero-order chi connectivity index (χ0) is 44.4. The van der Waals surface area contributed by atoms with E-state index in [1.54, 1.807) is 6.07 Å². The third kappa shape index (κ3) is 9.85. The molecule has 0 spiro atoms. The highest BCUT2D eigenvalue weighted by Crippen LogP contribution is 2.28. The lowest BCUT2D eigenvalue weighted by molar-refractivity contribution is -0.163. The fourth-order valence-electron chi connectivity index (χ4n) is 8.66. The second kappa shape index (κ2) is 18.4. The Morgan fingerprint density at radius 2 is 1.62 bits per heavy atom. The molecule has 6 rings (SSSR count). The number of aromatic nitrogens is 1. The van der Waals surface area contributed by atoms with Crippen molar-refractivity contribution >= 4 is 52.3 Å². The van der Waals surface area contributed by atoms with Crippen LogP contribution in [0.25, 0.3) is 10.9 Å². The van der Waals surface area contributed by atoms with E-state index in [1.165, 1.54) is 37.6 Å². The summed E-state index contributed by atoms with van der Waals surface area (Å²) in [6, 6.07) is 1.91. The average molecular weight is 850 g/mol. The first-order valence-corrected chi connectivity index (χ1v) is 20.5. The number of benzene rings is 2. The number of esters is 1. The highest BCUT2D eigenvalue weighted by molar-refractivity contribution is 5.98. The highest BCUT2D eigenvalue weighted by Gasteiger charge is 2.47. The molecule has 3 fully saturated rings. The second-order valence-corrected chi connectivity index (χ2v) is 16.6. The van der Waals surface area contributed by atoms with Crippen molar-refractivity contribution in [1.82, 2.24) is 35.2 Å². The van der Waals surface area contributed by atoms with Gasteiger partial charge in [-0.2, -0.15) is 0 Å². The summed E-state index contributed by atoms with van der Waals surface area (Å²) in [6.07, 6.45) is -0.846. The summed E-state index contributed by atoms with van der Waals surface area (Å²) in [5.74, 6) is -7.43. The zero-order valence-electron chi connectivity index (χ0n) is 35.0. The third-order valence-corrected chi connectivity index (χ3v) is 11.8. The van der Waals surface area contributed by atoms with Crippen LogP contribution in [0.5, 0.6) is 0 Å². The van der Waals surface area contributed by atoms with Crippen LogP contribution in [-0.4, -0.2) is 134 Å². The minimum Gasteiger partial charge on any atom is -0.458 e. The van der Waals surface area contributed by atoms with Crippen LogP contribution in [0.3, 0.4) is 0 Å². The van der Waals surface area contributed by atoms with Crippen LogP contribution >= 0.6 is 0 Å². The molecule has 1 aromatic heterocycles. The van der Waals surface area contributed by atoms with Crippen molar-refractivity contribution in [2.75, 3.05) is 20.1 Å². The molecule has 3 aromatic rings. The fraction of sp³-hybridized carbons (Fsp3) is 0.512. The summed E-state index contributed by atoms with van der Waals surface area (Å²) in [6.45, 7) is 6.11. The van der Waals surface area contributed by atoms with Crippen LogP contribution in [0, 0.1) is 17.6 Å². The van der Waals surface area contributed by atoms with Crippen LogP contribution in [0.1, 0.15) is 58.1 Å². The number of hydrogen-bond donors (Lipinski definition) is 4. The van der Waals surface area contributed by atoms with E-state index in [0.717, 1.165) is 27.9 Å². The molecule has 3 saturated heterocycles. The topological polar surface area (TPSA) is 200 Å². The third-order valence-electron chi connectivity index (χ3n) is 11.8. The SMILES string of the molecule is C[C@H]1C[C@H]2C(=O)O[C@@H](C)[C@H](NC(=O)[C@H](Cc3cc(F)cc(F)c3)NC(=O)Cc3ccc4ccn(C)c4c3)C(=O)N3CCC[C@H]3C(=O)N(C)[C@@H]([C@H](C)O)C(=O)N[C@@H](C)C(=O)N2C1. The van der Waals surface area contributed by atoms with Crippen molar-refractivity contribution in [3.05, 3.63) is 71.4 Å². The first kappa shape index (κ1) is 44.6. The van der Waals surface area contributed by atoms with Gasteiger partial charge in [-0.3, -0.25) is 28.8 Å². The predicted molar refractivity (Wildman–Crippen MR) is 216 cm³/mol. The fourth-order valence-corrected chi connectivity index (χ4v) is 8.66. The second-order valence-electron chi connectivity index (χ2n) is 16.6. The van der Waals surface area contributed by atoms with Gasteiger partial charge in [0.05, 0.1) is 12.5 Å². The Balaban J connectivity index is 1.34. The molecule has 0 unspecified atom stereocenters. The van der Waals surface area contributed by atoms with E-state index in [2.05, 4.69) is 16.0 Å². The number of hydrogen-bond acceptors (Lipinski definition) is 9. The molecule has 18 heteroatoms. The van der Waals surface area contributed by atoms with E-state index in [-0.39, 0.29) is 43.8 Å².